The van der Waals surface area contributed by atoms with Crippen LogP contribution >= 0.6 is 0 Å². The molecule has 0 spiro atoms. The Kier molecular flexibility index (Phi) is 3.51. The zero-order valence-corrected chi connectivity index (χ0v) is 11.3. The maximum atomic E-state index is 12.3. The second kappa shape index (κ2) is 5.63. The van der Waals surface area contributed by atoms with Crippen molar-refractivity contribution in [3.63, 3.8) is 0 Å². The third-order valence-corrected chi connectivity index (χ3v) is 3.18. The molecule has 4 heteroatoms. The van der Waals surface area contributed by atoms with Crippen LogP contribution < -0.4 is 5.73 Å². The quantitative estimate of drug-likeness (QED) is 0.590. The Balaban J connectivity index is 1.88. The minimum absolute atomic E-state index is 0.142. The van der Waals surface area contributed by atoms with Gasteiger partial charge in [-0.15, -0.1) is 0 Å². The van der Waals surface area contributed by atoms with E-state index in [1.54, 1.807) is 12.3 Å². The Bertz CT molecular complexity index is 785. The minimum Gasteiger partial charge on any atom is -0.456 e. The van der Waals surface area contributed by atoms with Crippen molar-refractivity contribution in [1.29, 1.82) is 0 Å². The normalized spacial score (nSPS) is 10.5. The highest BCUT2D eigenvalue weighted by atomic mass is 16.5. The Morgan fingerprint density at radius 2 is 1.90 bits per heavy atom. The fourth-order valence-electron chi connectivity index (χ4n) is 2.20. The van der Waals surface area contributed by atoms with Crippen LogP contribution in [0.4, 0.5) is 5.69 Å². The van der Waals surface area contributed by atoms with Crippen molar-refractivity contribution in [3.8, 4) is 0 Å². The molecule has 0 bridgehead atoms. The lowest BCUT2D eigenvalue weighted by atomic mass is 10.0. The molecule has 21 heavy (non-hydrogen) atoms. The summed E-state index contributed by atoms with van der Waals surface area (Å²) in [4.78, 5) is 16.4. The molecule has 0 radical (unpaired) electrons. The number of aromatic nitrogens is 1. The van der Waals surface area contributed by atoms with Gasteiger partial charge in [-0.1, -0.05) is 30.3 Å². The van der Waals surface area contributed by atoms with Crippen molar-refractivity contribution in [1.82, 2.24) is 4.98 Å². The van der Waals surface area contributed by atoms with Crippen molar-refractivity contribution in [3.05, 3.63) is 72.1 Å². The molecular weight excluding hydrogens is 264 g/mol. The standard InChI is InChI=1S/C17H14N2O2/c18-13-9-12-5-1-2-7-15(12)16(10-13)17(20)21-11-14-6-3-4-8-19-14/h1-10H,11,18H2. The molecule has 0 saturated heterocycles. The SMILES string of the molecule is Nc1cc(C(=O)OCc2ccccn2)c2ccccc2c1. The van der Waals surface area contributed by atoms with Crippen LogP contribution in [0.5, 0.6) is 0 Å². The van der Waals surface area contributed by atoms with Crippen LogP contribution in [0.1, 0.15) is 16.1 Å². The minimum atomic E-state index is -0.399. The molecule has 2 aromatic carbocycles. The number of fused-ring (bicyclic) bond motifs is 1. The predicted molar refractivity (Wildman–Crippen MR) is 81.7 cm³/mol. The smallest absolute Gasteiger partial charge is 0.339 e. The first-order valence-corrected chi connectivity index (χ1v) is 6.59. The van der Waals surface area contributed by atoms with E-state index >= 15 is 0 Å². The average molecular weight is 278 g/mol. The topological polar surface area (TPSA) is 65.2 Å². The van der Waals surface area contributed by atoms with E-state index in [-0.39, 0.29) is 6.61 Å². The Morgan fingerprint density at radius 3 is 2.71 bits per heavy atom. The van der Waals surface area contributed by atoms with Gasteiger partial charge < -0.3 is 10.5 Å². The number of hydrogen-bond donors (Lipinski definition) is 1. The number of nitrogen functional groups attached to an aromatic ring is 1. The van der Waals surface area contributed by atoms with Crippen LogP contribution in [-0.2, 0) is 11.3 Å². The second-order valence-electron chi connectivity index (χ2n) is 4.69. The lowest BCUT2D eigenvalue weighted by Crippen LogP contribution is -2.07. The van der Waals surface area contributed by atoms with E-state index in [2.05, 4.69) is 4.98 Å². The first-order chi connectivity index (χ1) is 10.2. The first-order valence-electron chi connectivity index (χ1n) is 6.59. The summed E-state index contributed by atoms with van der Waals surface area (Å²) in [5.74, 6) is -0.399. The van der Waals surface area contributed by atoms with Crippen LogP contribution in [-0.4, -0.2) is 11.0 Å². The van der Waals surface area contributed by atoms with Gasteiger partial charge >= 0.3 is 5.97 Å². The third kappa shape index (κ3) is 2.84. The summed E-state index contributed by atoms with van der Waals surface area (Å²) in [6.45, 7) is 0.142. The van der Waals surface area contributed by atoms with Gasteiger partial charge in [-0.3, -0.25) is 4.98 Å². The van der Waals surface area contributed by atoms with Gasteiger partial charge in [-0.05, 0) is 35.0 Å². The summed E-state index contributed by atoms with van der Waals surface area (Å²) in [5, 5.41) is 1.75. The second-order valence-corrected chi connectivity index (χ2v) is 4.69. The molecule has 0 unspecified atom stereocenters. The van der Waals surface area contributed by atoms with Gasteiger partial charge in [-0.2, -0.15) is 0 Å². The van der Waals surface area contributed by atoms with Gasteiger partial charge in [0, 0.05) is 11.9 Å². The molecule has 1 aromatic heterocycles. The van der Waals surface area contributed by atoms with E-state index in [1.807, 2.05) is 48.5 Å². The molecule has 2 N–H and O–H groups in total. The fourth-order valence-corrected chi connectivity index (χ4v) is 2.20. The molecular formula is C17H14N2O2. The number of esters is 1. The number of benzene rings is 2. The molecule has 0 atom stereocenters. The molecule has 0 aliphatic carbocycles. The van der Waals surface area contributed by atoms with Crippen molar-refractivity contribution >= 4 is 22.4 Å². The number of carbonyl (C=O) groups is 1. The number of pyridine rings is 1. The van der Waals surface area contributed by atoms with E-state index in [9.17, 15) is 4.79 Å². The van der Waals surface area contributed by atoms with E-state index in [0.717, 1.165) is 10.8 Å². The summed E-state index contributed by atoms with van der Waals surface area (Å²) in [7, 11) is 0. The van der Waals surface area contributed by atoms with E-state index in [0.29, 0.717) is 16.9 Å². The molecule has 0 amide bonds. The number of ether oxygens (including phenoxy) is 1. The Hall–Kier alpha value is -2.88. The largest absolute Gasteiger partial charge is 0.456 e. The van der Waals surface area contributed by atoms with Crippen LogP contribution in [0.15, 0.2) is 60.8 Å². The zero-order valence-electron chi connectivity index (χ0n) is 11.3. The van der Waals surface area contributed by atoms with Gasteiger partial charge in [0.05, 0.1) is 11.3 Å². The van der Waals surface area contributed by atoms with E-state index in [4.69, 9.17) is 10.5 Å². The number of nitrogens with two attached hydrogens (primary N) is 1. The number of nitrogens with zero attached hydrogens (tertiary/aromatic N) is 1. The molecule has 4 nitrogen and oxygen atoms in total. The molecule has 3 rings (SSSR count). The van der Waals surface area contributed by atoms with Crippen LogP contribution in [0.25, 0.3) is 10.8 Å². The van der Waals surface area contributed by atoms with Crippen molar-refractivity contribution in [2.45, 2.75) is 6.61 Å². The van der Waals surface area contributed by atoms with Crippen LogP contribution in [0.3, 0.4) is 0 Å². The highest BCUT2D eigenvalue weighted by Gasteiger charge is 2.12. The van der Waals surface area contributed by atoms with Crippen LogP contribution in [0, 0.1) is 0 Å². The summed E-state index contributed by atoms with van der Waals surface area (Å²) in [5.41, 5.74) is 7.57. The lowest BCUT2D eigenvalue weighted by Gasteiger charge is -2.08. The van der Waals surface area contributed by atoms with Gasteiger partial charge in [0.15, 0.2) is 0 Å². The monoisotopic (exact) mass is 278 g/mol. The summed E-state index contributed by atoms with van der Waals surface area (Å²) < 4.78 is 5.32. The first kappa shape index (κ1) is 13.1. The van der Waals surface area contributed by atoms with Crippen molar-refractivity contribution in [2.75, 3.05) is 5.73 Å². The van der Waals surface area contributed by atoms with Gasteiger partial charge in [0.1, 0.15) is 6.61 Å². The lowest BCUT2D eigenvalue weighted by molar-refractivity contribution is 0.0470. The number of rotatable bonds is 3. The molecule has 1 heterocycles. The Labute approximate surface area is 122 Å². The summed E-state index contributed by atoms with van der Waals surface area (Å²) >= 11 is 0. The highest BCUT2D eigenvalue weighted by molar-refractivity contribution is 6.05. The zero-order chi connectivity index (χ0) is 14.7. The number of hydrogen-bond acceptors (Lipinski definition) is 4. The highest BCUT2D eigenvalue weighted by Crippen LogP contribution is 2.23. The molecule has 0 fully saturated rings. The molecule has 104 valence electrons. The Morgan fingerprint density at radius 1 is 1.10 bits per heavy atom. The van der Waals surface area contributed by atoms with Gasteiger partial charge in [0.25, 0.3) is 0 Å². The predicted octanol–water partition coefficient (Wildman–Crippen LogP) is 3.17. The van der Waals surface area contributed by atoms with Gasteiger partial charge in [-0.25, -0.2) is 4.79 Å². The van der Waals surface area contributed by atoms with Crippen LogP contribution in [0.2, 0.25) is 0 Å². The third-order valence-electron chi connectivity index (χ3n) is 3.18. The molecule has 0 aliphatic heterocycles. The summed E-state index contributed by atoms with van der Waals surface area (Å²) in [6.07, 6.45) is 1.67. The maximum absolute atomic E-state index is 12.3. The van der Waals surface area contributed by atoms with Gasteiger partial charge in [0.2, 0.25) is 0 Å². The molecule has 0 saturated carbocycles. The van der Waals surface area contributed by atoms with Crippen molar-refractivity contribution in [2.24, 2.45) is 0 Å². The maximum Gasteiger partial charge on any atom is 0.339 e. The summed E-state index contributed by atoms with van der Waals surface area (Å²) in [6, 6.07) is 16.5. The number of carbonyl (C=O) groups excluding carboxylic acids is 1. The van der Waals surface area contributed by atoms with Crippen molar-refractivity contribution < 1.29 is 9.53 Å². The molecule has 0 aliphatic rings. The fraction of sp³-hybridized carbons (Fsp3) is 0.0588. The number of anilines is 1. The van der Waals surface area contributed by atoms with E-state index in [1.165, 1.54) is 0 Å². The molecule has 3 aromatic rings. The average Bonchev–Trinajstić information content (AvgIpc) is 2.52. The van der Waals surface area contributed by atoms with E-state index < -0.39 is 5.97 Å².